The van der Waals surface area contributed by atoms with Crippen molar-refractivity contribution in [1.29, 1.82) is 0 Å². The Hall–Kier alpha value is -2.33. The maximum Gasteiger partial charge on any atom is 0.365 e. The minimum atomic E-state index is -0.536. The highest BCUT2D eigenvalue weighted by Crippen LogP contribution is 2.11. The second-order valence-corrected chi connectivity index (χ2v) is 4.33. The second-order valence-electron chi connectivity index (χ2n) is 3.89. The van der Waals surface area contributed by atoms with Crippen LogP contribution in [0.15, 0.2) is 53.7 Å². The number of hydrogen-bond donors (Lipinski definition) is 0. The molecule has 0 N–H and O–H groups in total. The quantitative estimate of drug-likeness (QED) is 0.491. The number of halogens is 1. The van der Waals surface area contributed by atoms with E-state index in [4.69, 9.17) is 21.2 Å². The van der Waals surface area contributed by atoms with Gasteiger partial charge in [0.25, 0.3) is 0 Å². The first kappa shape index (κ1) is 14.1. The van der Waals surface area contributed by atoms with Crippen LogP contribution in [0, 0.1) is 0 Å². The van der Waals surface area contributed by atoms with Crippen LogP contribution in [0.3, 0.4) is 0 Å². The van der Waals surface area contributed by atoms with E-state index in [2.05, 4.69) is 5.16 Å². The van der Waals surface area contributed by atoms with E-state index < -0.39 is 5.97 Å². The highest BCUT2D eigenvalue weighted by Gasteiger charge is 2.05. The lowest BCUT2D eigenvalue weighted by molar-refractivity contribution is 0.0519. The van der Waals surface area contributed by atoms with E-state index in [0.29, 0.717) is 10.6 Å². The number of methoxy groups -OCH3 is 1. The zero-order chi connectivity index (χ0) is 14.4. The number of ether oxygens (including phenoxy) is 1. The zero-order valence-electron chi connectivity index (χ0n) is 10.7. The predicted molar refractivity (Wildman–Crippen MR) is 77.5 cm³/mol. The first-order valence-electron chi connectivity index (χ1n) is 5.83. The summed E-state index contributed by atoms with van der Waals surface area (Å²) in [5.41, 5.74) is 1.19. The molecule has 0 saturated heterocycles. The molecule has 0 spiro atoms. The van der Waals surface area contributed by atoms with E-state index in [1.807, 2.05) is 0 Å². The molecular formula is C15H12ClNO3. The molecule has 0 heterocycles. The van der Waals surface area contributed by atoms with E-state index in [1.165, 1.54) is 6.21 Å². The van der Waals surface area contributed by atoms with Gasteiger partial charge in [-0.25, -0.2) is 4.79 Å². The fourth-order valence-corrected chi connectivity index (χ4v) is 1.59. The summed E-state index contributed by atoms with van der Waals surface area (Å²) >= 11 is 5.73. The van der Waals surface area contributed by atoms with Crippen molar-refractivity contribution in [2.45, 2.75) is 0 Å². The molecule has 0 atom stereocenters. The van der Waals surface area contributed by atoms with E-state index >= 15 is 0 Å². The van der Waals surface area contributed by atoms with Crippen molar-refractivity contribution in [2.75, 3.05) is 7.11 Å². The van der Waals surface area contributed by atoms with Crippen LogP contribution in [0.4, 0.5) is 0 Å². The first-order valence-corrected chi connectivity index (χ1v) is 6.21. The number of nitrogens with zero attached hydrogens (tertiary/aromatic N) is 1. The van der Waals surface area contributed by atoms with Gasteiger partial charge >= 0.3 is 5.97 Å². The Labute approximate surface area is 121 Å². The predicted octanol–water partition coefficient (Wildman–Crippen LogP) is 3.54. The molecule has 0 radical (unpaired) electrons. The van der Waals surface area contributed by atoms with Crippen molar-refractivity contribution >= 4 is 23.8 Å². The van der Waals surface area contributed by atoms with Crippen molar-refractivity contribution < 1.29 is 14.4 Å². The number of oxime groups is 1. The number of hydrogen-bond acceptors (Lipinski definition) is 4. The van der Waals surface area contributed by atoms with E-state index in [0.717, 1.165) is 11.3 Å². The highest BCUT2D eigenvalue weighted by atomic mass is 35.5. The van der Waals surface area contributed by atoms with Crippen molar-refractivity contribution in [3.05, 3.63) is 64.7 Å². The van der Waals surface area contributed by atoms with Crippen LogP contribution in [0.2, 0.25) is 5.02 Å². The third kappa shape index (κ3) is 3.83. The van der Waals surface area contributed by atoms with Gasteiger partial charge in [-0.05, 0) is 54.1 Å². The van der Waals surface area contributed by atoms with Gasteiger partial charge in [0.1, 0.15) is 5.75 Å². The molecule has 0 amide bonds. The second kappa shape index (κ2) is 6.73. The summed E-state index contributed by atoms with van der Waals surface area (Å²) in [4.78, 5) is 16.4. The van der Waals surface area contributed by atoms with Gasteiger partial charge in [-0.3, -0.25) is 0 Å². The third-order valence-electron chi connectivity index (χ3n) is 2.53. The van der Waals surface area contributed by atoms with Gasteiger partial charge in [0.15, 0.2) is 0 Å². The smallest absolute Gasteiger partial charge is 0.365 e. The Kier molecular flexibility index (Phi) is 4.74. The highest BCUT2D eigenvalue weighted by molar-refractivity contribution is 6.30. The average Bonchev–Trinajstić information content (AvgIpc) is 2.48. The molecule has 102 valence electrons. The van der Waals surface area contributed by atoms with Crippen LogP contribution in [-0.2, 0) is 4.84 Å². The van der Waals surface area contributed by atoms with Crippen molar-refractivity contribution in [2.24, 2.45) is 5.16 Å². The maximum absolute atomic E-state index is 11.6. The summed E-state index contributed by atoms with van der Waals surface area (Å²) in [7, 11) is 1.59. The molecule has 0 fully saturated rings. The normalized spacial score (nSPS) is 10.5. The van der Waals surface area contributed by atoms with E-state index in [-0.39, 0.29) is 0 Å². The van der Waals surface area contributed by atoms with Gasteiger partial charge < -0.3 is 9.57 Å². The Balaban J connectivity index is 1.95. The third-order valence-corrected chi connectivity index (χ3v) is 2.79. The number of carbonyl (C=O) groups excluding carboxylic acids is 1. The molecule has 0 unspecified atom stereocenters. The van der Waals surface area contributed by atoms with Crippen LogP contribution in [0.25, 0.3) is 0 Å². The molecule has 4 nitrogen and oxygen atoms in total. The molecule has 5 heteroatoms. The standard InChI is InChI=1S/C15H12ClNO3/c1-19-14-8-2-11(3-9-14)10-17-20-15(18)12-4-6-13(16)7-5-12/h2-10H,1H3. The molecule has 2 rings (SSSR count). The minimum absolute atomic E-state index is 0.390. The Morgan fingerprint density at radius 3 is 2.35 bits per heavy atom. The monoisotopic (exact) mass is 289 g/mol. The SMILES string of the molecule is COc1ccc(C=NOC(=O)c2ccc(Cl)cc2)cc1. The fraction of sp³-hybridized carbons (Fsp3) is 0.0667. The van der Waals surface area contributed by atoms with Crippen LogP contribution >= 0.6 is 11.6 Å². The lowest BCUT2D eigenvalue weighted by Gasteiger charge is -1.99. The summed E-state index contributed by atoms with van der Waals surface area (Å²) in [5, 5.41) is 4.21. The lowest BCUT2D eigenvalue weighted by atomic mass is 10.2. The lowest BCUT2D eigenvalue weighted by Crippen LogP contribution is -2.00. The maximum atomic E-state index is 11.6. The average molecular weight is 290 g/mol. The van der Waals surface area contributed by atoms with Crippen molar-refractivity contribution in [3.63, 3.8) is 0 Å². The molecule has 0 aliphatic carbocycles. The molecule has 20 heavy (non-hydrogen) atoms. The molecule has 0 aliphatic heterocycles. The summed E-state index contributed by atoms with van der Waals surface area (Å²) in [6.07, 6.45) is 1.45. The minimum Gasteiger partial charge on any atom is -0.497 e. The number of benzene rings is 2. The fourth-order valence-electron chi connectivity index (χ4n) is 1.46. The molecule has 2 aromatic rings. The van der Waals surface area contributed by atoms with Crippen LogP contribution in [0.1, 0.15) is 15.9 Å². The number of carbonyl (C=O) groups is 1. The van der Waals surface area contributed by atoms with Gasteiger partial charge in [-0.1, -0.05) is 16.8 Å². The van der Waals surface area contributed by atoms with E-state index in [1.54, 1.807) is 55.6 Å². The summed E-state index contributed by atoms with van der Waals surface area (Å²) < 4.78 is 5.04. The van der Waals surface area contributed by atoms with Gasteiger partial charge in [-0.2, -0.15) is 0 Å². The molecule has 2 aromatic carbocycles. The molecule has 0 aromatic heterocycles. The van der Waals surface area contributed by atoms with Crippen LogP contribution < -0.4 is 4.74 Å². The molecule has 0 saturated carbocycles. The van der Waals surface area contributed by atoms with Crippen LogP contribution in [0.5, 0.6) is 5.75 Å². The van der Waals surface area contributed by atoms with Crippen molar-refractivity contribution in [3.8, 4) is 5.75 Å². The topological polar surface area (TPSA) is 47.9 Å². The van der Waals surface area contributed by atoms with Gasteiger partial charge in [0.05, 0.1) is 18.9 Å². The summed E-state index contributed by atoms with van der Waals surface area (Å²) in [6, 6.07) is 13.6. The van der Waals surface area contributed by atoms with Gasteiger partial charge in [0, 0.05) is 5.02 Å². The summed E-state index contributed by atoms with van der Waals surface area (Å²) in [5.74, 6) is 0.215. The Morgan fingerprint density at radius 1 is 1.10 bits per heavy atom. The molecule has 0 bridgehead atoms. The Bertz CT molecular complexity index is 606. The zero-order valence-corrected chi connectivity index (χ0v) is 11.5. The summed E-state index contributed by atoms with van der Waals surface area (Å²) in [6.45, 7) is 0. The Morgan fingerprint density at radius 2 is 1.75 bits per heavy atom. The van der Waals surface area contributed by atoms with Gasteiger partial charge in [0.2, 0.25) is 0 Å². The van der Waals surface area contributed by atoms with Crippen LogP contribution in [-0.4, -0.2) is 19.3 Å². The first-order chi connectivity index (χ1) is 9.69. The van der Waals surface area contributed by atoms with E-state index in [9.17, 15) is 4.79 Å². The molecular weight excluding hydrogens is 278 g/mol. The number of rotatable bonds is 4. The molecule has 0 aliphatic rings. The van der Waals surface area contributed by atoms with Gasteiger partial charge in [-0.15, -0.1) is 0 Å². The van der Waals surface area contributed by atoms with Crippen molar-refractivity contribution in [1.82, 2.24) is 0 Å². The largest absolute Gasteiger partial charge is 0.497 e.